The average molecular weight is 427 g/mol. The Bertz CT molecular complexity index is 1050. The molecule has 9 nitrogen and oxygen atoms in total. The van der Waals surface area contributed by atoms with E-state index in [1.807, 2.05) is 43.4 Å². The van der Waals surface area contributed by atoms with Crippen LogP contribution in [0.5, 0.6) is 11.5 Å². The van der Waals surface area contributed by atoms with E-state index in [4.69, 9.17) is 14.2 Å². The van der Waals surface area contributed by atoms with Crippen molar-refractivity contribution in [1.82, 2.24) is 14.8 Å². The van der Waals surface area contributed by atoms with Crippen molar-refractivity contribution >= 4 is 28.5 Å². The molecule has 0 aliphatic rings. The van der Waals surface area contributed by atoms with Crippen molar-refractivity contribution in [3.63, 3.8) is 0 Å². The van der Waals surface area contributed by atoms with Gasteiger partial charge in [0.05, 0.1) is 27.0 Å². The summed E-state index contributed by atoms with van der Waals surface area (Å²) >= 11 is 1.04. The number of nitrogens with one attached hydrogen (secondary N) is 1. The highest BCUT2D eigenvalue weighted by Crippen LogP contribution is 2.27. The molecule has 0 spiro atoms. The quantitative estimate of drug-likeness (QED) is 0.210. The third kappa shape index (κ3) is 4.71. The standard InChI is InChI=1S/C20H21N5O4S/c1-25-17(13-9-11-14(27-2)12-10-13)22-24-20(25)30-18(19(26)29-4)23-21-15-7-5-6-8-16(15)28-3/h5-12,21H,1-4H3/b23-18-. The molecule has 1 N–H and O–H groups in total. The third-order valence-electron chi connectivity index (χ3n) is 4.12. The van der Waals surface area contributed by atoms with E-state index < -0.39 is 5.97 Å². The number of nitrogens with zero attached hydrogens (tertiary/aromatic N) is 4. The lowest BCUT2D eigenvalue weighted by Gasteiger charge is -2.09. The van der Waals surface area contributed by atoms with Gasteiger partial charge in [-0.2, -0.15) is 5.10 Å². The smallest absolute Gasteiger partial charge is 0.365 e. The number of rotatable bonds is 6. The van der Waals surface area contributed by atoms with Crippen LogP contribution in [-0.2, 0) is 16.6 Å². The first-order valence-corrected chi connectivity index (χ1v) is 9.65. The molecular weight excluding hydrogens is 406 g/mol. The van der Waals surface area contributed by atoms with E-state index in [0.29, 0.717) is 22.4 Å². The SMILES string of the molecule is COC(=O)/C(=N/Nc1ccccc1OC)Sc1nnc(-c2ccc(OC)cc2)n1C. The van der Waals surface area contributed by atoms with Crippen molar-refractivity contribution < 1.29 is 19.0 Å². The molecule has 1 aromatic heterocycles. The van der Waals surface area contributed by atoms with Crippen LogP contribution >= 0.6 is 11.8 Å². The summed E-state index contributed by atoms with van der Waals surface area (Å²) in [6, 6.07) is 14.7. The van der Waals surface area contributed by atoms with Crippen molar-refractivity contribution in [2.45, 2.75) is 5.16 Å². The number of carbonyl (C=O) groups is 1. The van der Waals surface area contributed by atoms with Crippen LogP contribution in [0.4, 0.5) is 5.69 Å². The van der Waals surface area contributed by atoms with E-state index in [1.54, 1.807) is 30.9 Å². The Morgan fingerprint density at radius 3 is 2.43 bits per heavy atom. The molecule has 10 heteroatoms. The minimum Gasteiger partial charge on any atom is -0.497 e. The fraction of sp³-hybridized carbons (Fsp3) is 0.200. The molecule has 156 valence electrons. The lowest BCUT2D eigenvalue weighted by atomic mass is 10.2. The summed E-state index contributed by atoms with van der Waals surface area (Å²) in [6.07, 6.45) is 0. The molecule has 0 bridgehead atoms. The number of benzene rings is 2. The molecule has 0 saturated heterocycles. The molecule has 2 aromatic carbocycles. The van der Waals surface area contributed by atoms with Crippen LogP contribution < -0.4 is 14.9 Å². The third-order valence-corrected chi connectivity index (χ3v) is 5.11. The molecule has 0 aliphatic carbocycles. The van der Waals surface area contributed by atoms with E-state index in [9.17, 15) is 4.79 Å². The second-order valence-electron chi connectivity index (χ2n) is 5.92. The Morgan fingerprint density at radius 1 is 1.03 bits per heavy atom. The molecule has 0 fully saturated rings. The predicted molar refractivity (Wildman–Crippen MR) is 115 cm³/mol. The average Bonchev–Trinajstić information content (AvgIpc) is 3.16. The first kappa shape index (κ1) is 21.2. The number of para-hydroxylation sites is 2. The van der Waals surface area contributed by atoms with Gasteiger partial charge in [0.25, 0.3) is 0 Å². The second kappa shape index (κ2) is 9.79. The number of esters is 1. The summed E-state index contributed by atoms with van der Waals surface area (Å²) in [7, 11) is 6.27. The van der Waals surface area contributed by atoms with Gasteiger partial charge in [0.1, 0.15) is 11.5 Å². The number of anilines is 1. The van der Waals surface area contributed by atoms with Gasteiger partial charge < -0.3 is 18.8 Å². The largest absolute Gasteiger partial charge is 0.497 e. The molecule has 1 heterocycles. The molecule has 3 aromatic rings. The van der Waals surface area contributed by atoms with Crippen LogP contribution in [0.15, 0.2) is 58.8 Å². The zero-order valence-corrected chi connectivity index (χ0v) is 17.8. The summed E-state index contributed by atoms with van der Waals surface area (Å²) in [4.78, 5) is 12.2. The number of methoxy groups -OCH3 is 3. The summed E-state index contributed by atoms with van der Waals surface area (Å²) in [5.74, 6) is 1.38. The van der Waals surface area contributed by atoms with Gasteiger partial charge in [-0.25, -0.2) is 4.79 Å². The van der Waals surface area contributed by atoms with Gasteiger partial charge in [-0.05, 0) is 48.2 Å². The van der Waals surface area contributed by atoms with Crippen LogP contribution in [0.25, 0.3) is 11.4 Å². The van der Waals surface area contributed by atoms with E-state index in [2.05, 4.69) is 20.7 Å². The molecule has 3 rings (SSSR count). The zero-order chi connectivity index (χ0) is 21.5. The van der Waals surface area contributed by atoms with Gasteiger partial charge in [0.2, 0.25) is 5.04 Å². The maximum absolute atomic E-state index is 12.2. The summed E-state index contributed by atoms with van der Waals surface area (Å²) in [6.45, 7) is 0. The van der Waals surface area contributed by atoms with Gasteiger partial charge in [-0.15, -0.1) is 10.2 Å². The van der Waals surface area contributed by atoms with E-state index >= 15 is 0 Å². The summed E-state index contributed by atoms with van der Waals surface area (Å²) < 4.78 is 17.1. The number of aromatic nitrogens is 3. The van der Waals surface area contributed by atoms with Crippen molar-refractivity contribution in [1.29, 1.82) is 0 Å². The van der Waals surface area contributed by atoms with Crippen LogP contribution in [-0.4, -0.2) is 47.1 Å². The first-order valence-electron chi connectivity index (χ1n) is 8.84. The van der Waals surface area contributed by atoms with E-state index in [-0.39, 0.29) is 5.04 Å². The maximum atomic E-state index is 12.2. The molecule has 0 saturated carbocycles. The van der Waals surface area contributed by atoms with Gasteiger partial charge in [0.15, 0.2) is 11.0 Å². The van der Waals surface area contributed by atoms with Crippen molar-refractivity contribution in [2.24, 2.45) is 12.1 Å². The van der Waals surface area contributed by atoms with Crippen molar-refractivity contribution in [2.75, 3.05) is 26.8 Å². The fourth-order valence-corrected chi connectivity index (χ4v) is 3.26. The molecule has 30 heavy (non-hydrogen) atoms. The van der Waals surface area contributed by atoms with Crippen LogP contribution in [0.2, 0.25) is 0 Å². The highest BCUT2D eigenvalue weighted by Gasteiger charge is 2.20. The monoisotopic (exact) mass is 427 g/mol. The lowest BCUT2D eigenvalue weighted by Crippen LogP contribution is -2.15. The van der Waals surface area contributed by atoms with Gasteiger partial charge in [-0.3, -0.25) is 5.43 Å². The molecule has 0 unspecified atom stereocenters. The highest BCUT2D eigenvalue weighted by molar-refractivity contribution is 8.15. The molecular formula is C20H21N5O4S. The van der Waals surface area contributed by atoms with Gasteiger partial charge in [-0.1, -0.05) is 12.1 Å². The molecule has 0 amide bonds. The first-order chi connectivity index (χ1) is 14.6. The topological polar surface area (TPSA) is 99.9 Å². The molecule has 0 radical (unpaired) electrons. The predicted octanol–water partition coefficient (Wildman–Crippen LogP) is 3.19. The Kier molecular flexibility index (Phi) is 6.91. The Morgan fingerprint density at radius 2 is 1.77 bits per heavy atom. The van der Waals surface area contributed by atoms with Crippen LogP contribution in [0.1, 0.15) is 0 Å². The van der Waals surface area contributed by atoms with Gasteiger partial charge in [0, 0.05) is 12.6 Å². The second-order valence-corrected chi connectivity index (χ2v) is 6.87. The number of hydrazone groups is 1. The minimum absolute atomic E-state index is 0.0696. The number of hydrogen-bond acceptors (Lipinski definition) is 9. The van der Waals surface area contributed by atoms with E-state index in [1.165, 1.54) is 7.11 Å². The summed E-state index contributed by atoms with van der Waals surface area (Å²) in [5.41, 5.74) is 4.31. The molecule has 0 aliphatic heterocycles. The number of ether oxygens (including phenoxy) is 3. The fourth-order valence-electron chi connectivity index (χ4n) is 2.53. The van der Waals surface area contributed by atoms with E-state index in [0.717, 1.165) is 23.1 Å². The molecule has 0 atom stereocenters. The Hall–Kier alpha value is -3.53. The zero-order valence-electron chi connectivity index (χ0n) is 16.9. The van der Waals surface area contributed by atoms with Crippen molar-refractivity contribution in [3.8, 4) is 22.9 Å². The Balaban J connectivity index is 1.85. The summed E-state index contributed by atoms with van der Waals surface area (Å²) in [5, 5.41) is 13.2. The van der Waals surface area contributed by atoms with Crippen LogP contribution in [0, 0.1) is 0 Å². The normalized spacial score (nSPS) is 11.1. The van der Waals surface area contributed by atoms with Crippen LogP contribution in [0.3, 0.4) is 0 Å². The minimum atomic E-state index is -0.601. The maximum Gasteiger partial charge on any atom is 0.365 e. The number of thioether (sulfide) groups is 1. The van der Waals surface area contributed by atoms with Crippen molar-refractivity contribution in [3.05, 3.63) is 48.5 Å². The Labute approximate surface area is 178 Å². The number of carbonyl (C=O) groups excluding carboxylic acids is 1. The number of hydrogen-bond donors (Lipinski definition) is 1. The van der Waals surface area contributed by atoms with Gasteiger partial charge >= 0.3 is 5.97 Å². The lowest BCUT2D eigenvalue weighted by molar-refractivity contribution is -0.132. The highest BCUT2D eigenvalue weighted by atomic mass is 32.2.